The first-order chi connectivity index (χ1) is 12.6. The standard InChI is InChI=1S/C21H23NO4/c1-26-19-8-3-2-6-17(19)13-20(23)22-10-9-16(14-22)11-15-5-4-7-18(12-15)21(24)25/h2-8,12,16H,9-11,13-14H2,1H3,(H,24,25)/t16-/m0/s1. The minimum absolute atomic E-state index is 0.108. The van der Waals surface area contributed by atoms with E-state index in [0.717, 1.165) is 36.3 Å². The zero-order valence-corrected chi connectivity index (χ0v) is 14.9. The predicted molar refractivity (Wildman–Crippen MR) is 98.5 cm³/mol. The summed E-state index contributed by atoms with van der Waals surface area (Å²) in [5, 5.41) is 9.10. The molecule has 1 N–H and O–H groups in total. The van der Waals surface area contributed by atoms with E-state index in [0.29, 0.717) is 24.4 Å². The van der Waals surface area contributed by atoms with Crippen molar-refractivity contribution in [2.45, 2.75) is 19.3 Å². The van der Waals surface area contributed by atoms with Crippen LogP contribution >= 0.6 is 0 Å². The number of hydrogen-bond donors (Lipinski definition) is 1. The van der Waals surface area contributed by atoms with Crippen LogP contribution in [0.3, 0.4) is 0 Å². The van der Waals surface area contributed by atoms with Crippen molar-refractivity contribution in [2.75, 3.05) is 20.2 Å². The average Bonchev–Trinajstić information content (AvgIpc) is 3.11. The number of carboxylic acid groups (broad SMARTS) is 1. The molecule has 0 unspecified atom stereocenters. The second-order valence-electron chi connectivity index (χ2n) is 6.69. The summed E-state index contributed by atoms with van der Waals surface area (Å²) >= 11 is 0. The van der Waals surface area contributed by atoms with E-state index in [1.54, 1.807) is 25.3 Å². The smallest absolute Gasteiger partial charge is 0.335 e. The minimum Gasteiger partial charge on any atom is -0.496 e. The maximum Gasteiger partial charge on any atom is 0.335 e. The lowest BCUT2D eigenvalue weighted by Gasteiger charge is -2.17. The molecule has 3 rings (SSSR count). The molecular weight excluding hydrogens is 330 g/mol. The van der Waals surface area contributed by atoms with Crippen molar-refractivity contribution in [1.82, 2.24) is 4.90 Å². The highest BCUT2D eigenvalue weighted by atomic mass is 16.5. The third kappa shape index (κ3) is 4.23. The van der Waals surface area contributed by atoms with E-state index in [9.17, 15) is 9.59 Å². The Morgan fingerprint density at radius 3 is 2.77 bits per heavy atom. The van der Waals surface area contributed by atoms with Gasteiger partial charge in [-0.3, -0.25) is 4.79 Å². The Hall–Kier alpha value is -2.82. The van der Waals surface area contributed by atoms with E-state index in [1.807, 2.05) is 35.2 Å². The fraction of sp³-hybridized carbons (Fsp3) is 0.333. The van der Waals surface area contributed by atoms with Crippen molar-refractivity contribution < 1.29 is 19.4 Å². The molecule has 1 fully saturated rings. The lowest BCUT2D eigenvalue weighted by Crippen LogP contribution is -2.30. The summed E-state index contributed by atoms with van der Waals surface area (Å²) in [4.78, 5) is 25.6. The van der Waals surface area contributed by atoms with Crippen LogP contribution in [0.5, 0.6) is 5.75 Å². The molecule has 1 aliphatic heterocycles. The van der Waals surface area contributed by atoms with Gasteiger partial charge >= 0.3 is 5.97 Å². The average molecular weight is 353 g/mol. The number of carboxylic acids is 1. The van der Waals surface area contributed by atoms with Gasteiger partial charge in [0.15, 0.2) is 0 Å². The van der Waals surface area contributed by atoms with E-state index in [-0.39, 0.29) is 5.91 Å². The van der Waals surface area contributed by atoms with Gasteiger partial charge in [-0.1, -0.05) is 30.3 Å². The van der Waals surface area contributed by atoms with Gasteiger partial charge in [0.25, 0.3) is 0 Å². The van der Waals surface area contributed by atoms with E-state index in [1.165, 1.54) is 0 Å². The number of para-hydroxylation sites is 1. The van der Waals surface area contributed by atoms with Crippen molar-refractivity contribution in [1.29, 1.82) is 0 Å². The van der Waals surface area contributed by atoms with Crippen LogP contribution in [0.15, 0.2) is 48.5 Å². The molecule has 2 aromatic carbocycles. The summed E-state index contributed by atoms with van der Waals surface area (Å²) in [6.45, 7) is 1.46. The highest BCUT2D eigenvalue weighted by Gasteiger charge is 2.26. The first kappa shape index (κ1) is 18.0. The van der Waals surface area contributed by atoms with Gasteiger partial charge in [0, 0.05) is 18.7 Å². The van der Waals surface area contributed by atoms with Crippen molar-refractivity contribution in [3.05, 3.63) is 65.2 Å². The minimum atomic E-state index is -0.910. The lowest BCUT2D eigenvalue weighted by molar-refractivity contribution is -0.129. The summed E-state index contributed by atoms with van der Waals surface area (Å²) in [5.74, 6) is 0.297. The number of carbonyl (C=O) groups excluding carboxylic acids is 1. The van der Waals surface area contributed by atoms with Crippen molar-refractivity contribution in [3.63, 3.8) is 0 Å². The number of carbonyl (C=O) groups is 2. The molecule has 0 aromatic heterocycles. The Kier molecular flexibility index (Phi) is 5.56. The predicted octanol–water partition coefficient (Wildman–Crippen LogP) is 3.03. The zero-order valence-electron chi connectivity index (χ0n) is 14.9. The van der Waals surface area contributed by atoms with E-state index >= 15 is 0 Å². The molecule has 0 bridgehead atoms. The second kappa shape index (κ2) is 8.04. The van der Waals surface area contributed by atoms with Gasteiger partial charge in [-0.15, -0.1) is 0 Å². The maximum atomic E-state index is 12.6. The van der Waals surface area contributed by atoms with Crippen molar-refractivity contribution in [2.24, 2.45) is 5.92 Å². The molecule has 1 atom stereocenters. The largest absolute Gasteiger partial charge is 0.496 e. The molecule has 1 heterocycles. The molecule has 1 aliphatic rings. The zero-order chi connectivity index (χ0) is 18.5. The Bertz CT molecular complexity index is 802. The highest BCUT2D eigenvalue weighted by Crippen LogP contribution is 2.24. The first-order valence-electron chi connectivity index (χ1n) is 8.78. The van der Waals surface area contributed by atoms with Gasteiger partial charge in [-0.25, -0.2) is 4.79 Å². The monoisotopic (exact) mass is 353 g/mol. The number of rotatable bonds is 6. The van der Waals surface area contributed by atoms with Crippen LogP contribution in [0.25, 0.3) is 0 Å². The molecule has 5 heteroatoms. The van der Waals surface area contributed by atoms with Crippen molar-refractivity contribution in [3.8, 4) is 5.75 Å². The SMILES string of the molecule is COc1ccccc1CC(=O)N1CC[C@@H](Cc2cccc(C(=O)O)c2)C1. The van der Waals surface area contributed by atoms with Gasteiger partial charge < -0.3 is 14.7 Å². The topological polar surface area (TPSA) is 66.8 Å². The summed E-state index contributed by atoms with van der Waals surface area (Å²) in [5.41, 5.74) is 2.22. The van der Waals surface area contributed by atoms with E-state index < -0.39 is 5.97 Å². The quantitative estimate of drug-likeness (QED) is 0.867. The fourth-order valence-electron chi connectivity index (χ4n) is 3.51. The normalized spacial score (nSPS) is 16.5. The van der Waals surface area contributed by atoms with Gasteiger partial charge in [0.1, 0.15) is 5.75 Å². The Morgan fingerprint density at radius 2 is 2.00 bits per heavy atom. The van der Waals surface area contributed by atoms with Crippen LogP contribution in [-0.2, 0) is 17.6 Å². The number of amides is 1. The Balaban J connectivity index is 1.59. The molecule has 136 valence electrons. The molecule has 2 aromatic rings. The lowest BCUT2D eigenvalue weighted by atomic mass is 9.97. The maximum absolute atomic E-state index is 12.6. The van der Waals surface area contributed by atoms with Crippen LogP contribution in [-0.4, -0.2) is 42.1 Å². The summed E-state index contributed by atoms with van der Waals surface area (Å²) in [6.07, 6.45) is 2.07. The van der Waals surface area contributed by atoms with Gasteiger partial charge in [-0.05, 0) is 42.5 Å². The third-order valence-electron chi connectivity index (χ3n) is 4.87. The number of ether oxygens (including phenoxy) is 1. The van der Waals surface area contributed by atoms with Gasteiger partial charge in [-0.2, -0.15) is 0 Å². The second-order valence-corrected chi connectivity index (χ2v) is 6.69. The van der Waals surface area contributed by atoms with Crippen LogP contribution in [0.2, 0.25) is 0 Å². The van der Waals surface area contributed by atoms with Crippen LogP contribution in [0, 0.1) is 5.92 Å². The number of hydrogen-bond acceptors (Lipinski definition) is 3. The molecule has 26 heavy (non-hydrogen) atoms. The summed E-state index contributed by atoms with van der Waals surface area (Å²) in [7, 11) is 1.61. The fourth-order valence-corrected chi connectivity index (χ4v) is 3.51. The number of likely N-dealkylation sites (tertiary alicyclic amines) is 1. The molecule has 5 nitrogen and oxygen atoms in total. The summed E-state index contributed by atoms with van der Waals surface area (Å²) < 4.78 is 5.32. The number of aromatic carboxylic acids is 1. The number of methoxy groups -OCH3 is 1. The Morgan fingerprint density at radius 1 is 1.19 bits per heavy atom. The molecule has 0 saturated carbocycles. The number of benzene rings is 2. The van der Waals surface area contributed by atoms with Crippen molar-refractivity contribution >= 4 is 11.9 Å². The molecule has 0 aliphatic carbocycles. The molecule has 0 spiro atoms. The first-order valence-corrected chi connectivity index (χ1v) is 8.78. The van der Waals surface area contributed by atoms with Crippen LogP contribution in [0.4, 0.5) is 0 Å². The molecule has 1 saturated heterocycles. The van der Waals surface area contributed by atoms with Crippen LogP contribution in [0.1, 0.15) is 27.9 Å². The van der Waals surface area contributed by atoms with Gasteiger partial charge in [0.2, 0.25) is 5.91 Å². The van der Waals surface area contributed by atoms with Gasteiger partial charge in [0.05, 0.1) is 19.1 Å². The highest BCUT2D eigenvalue weighted by molar-refractivity contribution is 5.87. The van der Waals surface area contributed by atoms with E-state index in [2.05, 4.69) is 0 Å². The van der Waals surface area contributed by atoms with Crippen LogP contribution < -0.4 is 4.74 Å². The molecule has 0 radical (unpaired) electrons. The summed E-state index contributed by atoms with van der Waals surface area (Å²) in [6, 6.07) is 14.6. The Labute approximate surface area is 153 Å². The number of nitrogens with zero attached hydrogens (tertiary/aromatic N) is 1. The molecular formula is C21H23NO4. The van der Waals surface area contributed by atoms with E-state index in [4.69, 9.17) is 9.84 Å². The molecule has 1 amide bonds. The third-order valence-corrected chi connectivity index (χ3v) is 4.87.